The number of carbonyl (C=O) groups is 1. The van der Waals surface area contributed by atoms with Crippen molar-refractivity contribution in [3.05, 3.63) is 28.8 Å². The van der Waals surface area contributed by atoms with Gasteiger partial charge >= 0.3 is 0 Å². The van der Waals surface area contributed by atoms with E-state index in [-0.39, 0.29) is 15.5 Å². The topological polar surface area (TPSA) is 71.4 Å². The Balaban J connectivity index is 3.34. The highest BCUT2D eigenvalue weighted by atomic mass is 35.5. The van der Waals surface area contributed by atoms with Gasteiger partial charge in [-0.05, 0) is 18.2 Å². The lowest BCUT2D eigenvalue weighted by Gasteiger charge is -1.98. The van der Waals surface area contributed by atoms with Crippen molar-refractivity contribution in [2.45, 2.75) is 4.90 Å². The van der Waals surface area contributed by atoms with E-state index in [9.17, 15) is 13.2 Å². The predicted molar refractivity (Wildman–Crippen MR) is 46.7 cm³/mol. The van der Waals surface area contributed by atoms with Crippen LogP contribution in [0.1, 0.15) is 10.4 Å². The fraction of sp³-hybridized carbons (Fsp3) is 0. The van der Waals surface area contributed by atoms with Crippen LogP contribution in [-0.2, 0) is 10.1 Å². The van der Waals surface area contributed by atoms with Gasteiger partial charge in [-0.3, -0.25) is 9.35 Å². The van der Waals surface area contributed by atoms with Crippen LogP contribution in [0.3, 0.4) is 0 Å². The summed E-state index contributed by atoms with van der Waals surface area (Å²) in [5.74, 6) is 0. The van der Waals surface area contributed by atoms with E-state index in [4.69, 9.17) is 16.2 Å². The summed E-state index contributed by atoms with van der Waals surface area (Å²) in [6, 6.07) is 3.34. The minimum Gasteiger partial charge on any atom is -0.298 e. The van der Waals surface area contributed by atoms with Crippen LogP contribution >= 0.6 is 11.6 Å². The highest BCUT2D eigenvalue weighted by Crippen LogP contribution is 2.18. The SMILES string of the molecule is O=Cc1ccc(S(=O)(=O)O)cc1Cl. The normalized spacial score (nSPS) is 11.2. The van der Waals surface area contributed by atoms with E-state index in [1.54, 1.807) is 0 Å². The zero-order valence-electron chi connectivity index (χ0n) is 6.27. The number of hydrogen-bond acceptors (Lipinski definition) is 3. The van der Waals surface area contributed by atoms with Crippen molar-refractivity contribution < 1.29 is 17.8 Å². The first-order valence-electron chi connectivity index (χ1n) is 3.17. The Bertz CT molecular complexity index is 438. The summed E-state index contributed by atoms with van der Waals surface area (Å²) in [7, 11) is -4.25. The smallest absolute Gasteiger partial charge is 0.294 e. The van der Waals surface area contributed by atoms with Gasteiger partial charge < -0.3 is 0 Å². The monoisotopic (exact) mass is 220 g/mol. The lowest BCUT2D eigenvalue weighted by Crippen LogP contribution is -1.98. The highest BCUT2D eigenvalue weighted by molar-refractivity contribution is 7.85. The molecular formula is C7H5ClO4S. The van der Waals surface area contributed by atoms with Crippen molar-refractivity contribution in [3.8, 4) is 0 Å². The average Bonchev–Trinajstić information content (AvgIpc) is 2.02. The first-order valence-corrected chi connectivity index (χ1v) is 4.99. The number of benzene rings is 1. The molecule has 0 bridgehead atoms. The molecule has 0 amide bonds. The Hall–Kier alpha value is -0.910. The molecule has 4 nitrogen and oxygen atoms in total. The van der Waals surface area contributed by atoms with Crippen molar-refractivity contribution in [1.29, 1.82) is 0 Å². The van der Waals surface area contributed by atoms with Crippen LogP contribution in [0.4, 0.5) is 0 Å². The number of rotatable bonds is 2. The molecule has 0 spiro atoms. The summed E-state index contributed by atoms with van der Waals surface area (Å²) in [6.07, 6.45) is 0.496. The summed E-state index contributed by atoms with van der Waals surface area (Å²) in [6.45, 7) is 0. The molecule has 0 aromatic heterocycles. The molecule has 0 heterocycles. The van der Waals surface area contributed by atoms with Gasteiger partial charge in [-0.25, -0.2) is 0 Å². The fourth-order valence-electron chi connectivity index (χ4n) is 0.764. The highest BCUT2D eigenvalue weighted by Gasteiger charge is 2.11. The van der Waals surface area contributed by atoms with Crippen LogP contribution in [0, 0.1) is 0 Å². The van der Waals surface area contributed by atoms with E-state index in [0.29, 0.717) is 6.29 Å². The third-order valence-corrected chi connectivity index (χ3v) is 2.57. The van der Waals surface area contributed by atoms with Gasteiger partial charge in [0.05, 0.1) is 9.92 Å². The Morgan fingerprint density at radius 2 is 2.00 bits per heavy atom. The molecule has 70 valence electrons. The molecule has 0 saturated heterocycles. The lowest BCUT2D eigenvalue weighted by atomic mass is 10.2. The van der Waals surface area contributed by atoms with E-state index in [0.717, 1.165) is 12.1 Å². The van der Waals surface area contributed by atoms with Gasteiger partial charge in [-0.2, -0.15) is 8.42 Å². The molecule has 1 rings (SSSR count). The van der Waals surface area contributed by atoms with E-state index < -0.39 is 10.1 Å². The van der Waals surface area contributed by atoms with Gasteiger partial charge in [-0.15, -0.1) is 0 Å². The Morgan fingerprint density at radius 3 is 2.38 bits per heavy atom. The Kier molecular flexibility index (Phi) is 2.70. The summed E-state index contributed by atoms with van der Waals surface area (Å²) < 4.78 is 29.8. The van der Waals surface area contributed by atoms with Crippen LogP contribution in [-0.4, -0.2) is 19.3 Å². The second-order valence-corrected chi connectivity index (χ2v) is 4.10. The Labute approximate surface area is 79.9 Å². The van der Waals surface area contributed by atoms with Gasteiger partial charge in [0.15, 0.2) is 6.29 Å². The van der Waals surface area contributed by atoms with Gasteiger partial charge in [0.1, 0.15) is 0 Å². The standard InChI is InChI=1S/C7H5ClO4S/c8-7-3-6(13(10,11)12)2-1-5(7)4-9/h1-4H,(H,10,11,12). The predicted octanol–water partition coefficient (Wildman–Crippen LogP) is 1.40. The molecule has 0 aliphatic heterocycles. The zero-order valence-corrected chi connectivity index (χ0v) is 7.84. The lowest BCUT2D eigenvalue weighted by molar-refractivity contribution is 0.112. The number of halogens is 1. The molecule has 0 fully saturated rings. The van der Waals surface area contributed by atoms with Gasteiger partial charge in [0, 0.05) is 5.56 Å². The van der Waals surface area contributed by atoms with Crippen LogP contribution in [0.2, 0.25) is 5.02 Å². The maximum absolute atomic E-state index is 10.6. The molecule has 0 aliphatic carbocycles. The number of carbonyl (C=O) groups excluding carboxylic acids is 1. The minimum absolute atomic E-state index is 0.00914. The van der Waals surface area contributed by atoms with E-state index >= 15 is 0 Å². The van der Waals surface area contributed by atoms with Crippen LogP contribution < -0.4 is 0 Å². The molecule has 0 aliphatic rings. The molecule has 0 saturated carbocycles. The summed E-state index contributed by atoms with van der Waals surface area (Å²) in [4.78, 5) is 9.96. The van der Waals surface area contributed by atoms with Crippen molar-refractivity contribution in [2.24, 2.45) is 0 Å². The molecule has 6 heteroatoms. The second kappa shape index (κ2) is 3.45. The minimum atomic E-state index is -4.25. The molecule has 1 N–H and O–H groups in total. The molecular weight excluding hydrogens is 216 g/mol. The number of hydrogen-bond donors (Lipinski definition) is 1. The zero-order chi connectivity index (χ0) is 10.1. The van der Waals surface area contributed by atoms with E-state index in [1.807, 2.05) is 0 Å². The summed E-state index contributed by atoms with van der Waals surface area (Å²) in [5.41, 5.74) is 0.175. The third-order valence-electron chi connectivity index (χ3n) is 1.40. The first kappa shape index (κ1) is 10.2. The second-order valence-electron chi connectivity index (χ2n) is 2.28. The van der Waals surface area contributed by atoms with Crippen molar-refractivity contribution in [1.82, 2.24) is 0 Å². The van der Waals surface area contributed by atoms with Crippen LogP contribution in [0.15, 0.2) is 23.1 Å². The first-order chi connectivity index (χ1) is 5.95. The molecule has 0 unspecified atom stereocenters. The van der Waals surface area contributed by atoms with E-state index in [1.165, 1.54) is 6.07 Å². The number of aldehydes is 1. The average molecular weight is 221 g/mol. The third kappa shape index (κ3) is 2.27. The fourth-order valence-corrected chi connectivity index (χ4v) is 1.56. The molecule has 1 aromatic carbocycles. The van der Waals surface area contributed by atoms with Crippen LogP contribution in [0.25, 0.3) is 0 Å². The molecule has 13 heavy (non-hydrogen) atoms. The molecule has 0 radical (unpaired) electrons. The maximum Gasteiger partial charge on any atom is 0.294 e. The quantitative estimate of drug-likeness (QED) is 0.604. The maximum atomic E-state index is 10.6. The largest absolute Gasteiger partial charge is 0.298 e. The summed E-state index contributed by atoms with van der Waals surface area (Å²) in [5, 5.41) is -0.00914. The van der Waals surface area contributed by atoms with Gasteiger partial charge in [0.2, 0.25) is 0 Å². The van der Waals surface area contributed by atoms with E-state index in [2.05, 4.69) is 0 Å². The van der Waals surface area contributed by atoms with Crippen molar-refractivity contribution >= 4 is 28.0 Å². The van der Waals surface area contributed by atoms with Gasteiger partial charge in [-0.1, -0.05) is 11.6 Å². The Morgan fingerprint density at radius 1 is 1.38 bits per heavy atom. The molecule has 1 aromatic rings. The van der Waals surface area contributed by atoms with Crippen molar-refractivity contribution in [3.63, 3.8) is 0 Å². The molecule has 0 atom stereocenters. The summed E-state index contributed by atoms with van der Waals surface area (Å²) >= 11 is 5.53. The van der Waals surface area contributed by atoms with Crippen molar-refractivity contribution in [2.75, 3.05) is 0 Å². The van der Waals surface area contributed by atoms with Crippen LogP contribution in [0.5, 0.6) is 0 Å². The van der Waals surface area contributed by atoms with Gasteiger partial charge in [0.25, 0.3) is 10.1 Å².